The third-order valence-electron chi connectivity index (χ3n) is 7.77. The molecule has 1 aromatic carbocycles. The monoisotopic (exact) mass is 400 g/mol. The summed E-state index contributed by atoms with van der Waals surface area (Å²) < 4.78 is 0. The predicted octanol–water partition coefficient (Wildman–Crippen LogP) is 4.79. The zero-order valence-electron chi connectivity index (χ0n) is 16.5. The van der Waals surface area contributed by atoms with Gasteiger partial charge in [-0.2, -0.15) is 0 Å². The summed E-state index contributed by atoms with van der Waals surface area (Å²) in [6, 6.07) is 5.17. The molecule has 1 atom stereocenters. The summed E-state index contributed by atoms with van der Waals surface area (Å²) >= 11 is 6.10. The molecule has 0 spiro atoms. The minimum absolute atomic E-state index is 0.0686. The highest BCUT2D eigenvalue weighted by atomic mass is 35.5. The molecular weight excluding hydrogens is 372 g/mol. The molecule has 1 heterocycles. The van der Waals surface area contributed by atoms with Gasteiger partial charge in [-0.3, -0.25) is 9.59 Å². The molecule has 6 rings (SSSR count). The first-order valence-corrected chi connectivity index (χ1v) is 11.2. The summed E-state index contributed by atoms with van der Waals surface area (Å²) in [7, 11) is 0. The minimum atomic E-state index is -0.348. The highest BCUT2D eigenvalue weighted by Crippen LogP contribution is 2.60. The number of carbonyl (C=O) groups excluding carboxylic acids is 2. The van der Waals surface area contributed by atoms with Crippen LogP contribution in [0.5, 0.6) is 0 Å². The molecule has 5 fully saturated rings. The lowest BCUT2D eigenvalue weighted by atomic mass is 9.49. The molecule has 28 heavy (non-hydrogen) atoms. The molecule has 4 aliphatic carbocycles. The molecular formula is C23H29ClN2O2. The topological polar surface area (TPSA) is 49.4 Å². The number of benzene rings is 1. The zero-order valence-corrected chi connectivity index (χ0v) is 17.3. The van der Waals surface area contributed by atoms with Gasteiger partial charge < -0.3 is 10.2 Å². The smallest absolute Gasteiger partial charge is 0.247 e. The second-order valence-corrected chi connectivity index (χ2v) is 10.2. The molecule has 1 aliphatic heterocycles. The van der Waals surface area contributed by atoms with E-state index < -0.39 is 0 Å². The van der Waals surface area contributed by atoms with Gasteiger partial charge in [-0.15, -0.1) is 0 Å². The molecule has 1 unspecified atom stereocenters. The fourth-order valence-corrected chi connectivity index (χ4v) is 7.08. The molecule has 5 aliphatic rings. The van der Waals surface area contributed by atoms with E-state index in [0.29, 0.717) is 11.6 Å². The van der Waals surface area contributed by atoms with Gasteiger partial charge in [-0.1, -0.05) is 17.7 Å². The van der Waals surface area contributed by atoms with Crippen molar-refractivity contribution in [1.82, 2.24) is 4.90 Å². The van der Waals surface area contributed by atoms with Crippen molar-refractivity contribution < 1.29 is 9.59 Å². The molecule has 1 N–H and O–H groups in total. The maximum absolute atomic E-state index is 13.7. The highest BCUT2D eigenvalue weighted by Gasteiger charge is 2.56. The molecule has 1 aromatic rings. The van der Waals surface area contributed by atoms with Crippen molar-refractivity contribution >= 4 is 29.1 Å². The average molecular weight is 401 g/mol. The lowest BCUT2D eigenvalue weighted by Gasteiger charge is -2.56. The lowest BCUT2D eigenvalue weighted by Crippen LogP contribution is -2.56. The van der Waals surface area contributed by atoms with Crippen LogP contribution < -0.4 is 5.32 Å². The first-order valence-electron chi connectivity index (χ1n) is 10.8. The Bertz CT molecular complexity index is 786. The van der Waals surface area contributed by atoms with E-state index in [4.69, 9.17) is 11.6 Å². The van der Waals surface area contributed by atoms with Crippen LogP contribution in [0.1, 0.15) is 56.9 Å². The van der Waals surface area contributed by atoms with Crippen LogP contribution in [0.2, 0.25) is 5.02 Å². The number of likely N-dealkylation sites (tertiary alicyclic amines) is 1. The minimum Gasteiger partial charge on any atom is -0.330 e. The molecule has 0 radical (unpaired) electrons. The molecule has 1 saturated heterocycles. The summed E-state index contributed by atoms with van der Waals surface area (Å²) in [5.41, 5.74) is 1.55. The second kappa shape index (κ2) is 6.76. The van der Waals surface area contributed by atoms with E-state index in [0.717, 1.165) is 61.1 Å². The van der Waals surface area contributed by atoms with Crippen LogP contribution in [0.25, 0.3) is 0 Å². The van der Waals surface area contributed by atoms with Crippen LogP contribution in [-0.4, -0.2) is 29.3 Å². The number of rotatable bonds is 3. The van der Waals surface area contributed by atoms with E-state index in [1.165, 1.54) is 19.3 Å². The van der Waals surface area contributed by atoms with Crippen molar-refractivity contribution in [2.75, 3.05) is 11.9 Å². The van der Waals surface area contributed by atoms with Gasteiger partial charge >= 0.3 is 0 Å². The number of anilines is 1. The van der Waals surface area contributed by atoms with Gasteiger partial charge in [-0.25, -0.2) is 0 Å². The summed E-state index contributed by atoms with van der Waals surface area (Å²) in [5.74, 6) is 2.41. The Balaban J connectivity index is 1.34. The van der Waals surface area contributed by atoms with E-state index in [2.05, 4.69) is 5.32 Å². The molecule has 150 valence electrons. The Kier molecular flexibility index (Phi) is 4.46. The maximum atomic E-state index is 13.7. The SMILES string of the molecule is Cc1ccc(Cl)cc1NC(=O)C1CCCN1C(=O)C12CC3CC(CC(C3)C1)C2. The normalized spacial score (nSPS) is 36.0. The maximum Gasteiger partial charge on any atom is 0.247 e. The Labute approximate surface area is 172 Å². The van der Waals surface area contributed by atoms with Crippen molar-refractivity contribution in [2.24, 2.45) is 23.2 Å². The van der Waals surface area contributed by atoms with E-state index in [1.54, 1.807) is 6.07 Å². The summed E-state index contributed by atoms with van der Waals surface area (Å²) in [6.07, 6.45) is 8.79. The number of nitrogens with zero attached hydrogens (tertiary/aromatic N) is 1. The van der Waals surface area contributed by atoms with E-state index in [-0.39, 0.29) is 23.3 Å². The van der Waals surface area contributed by atoms with E-state index >= 15 is 0 Å². The van der Waals surface area contributed by atoms with Gasteiger partial charge in [0.15, 0.2) is 0 Å². The van der Waals surface area contributed by atoms with Gasteiger partial charge in [0, 0.05) is 17.3 Å². The number of halogens is 1. The Morgan fingerprint density at radius 3 is 2.39 bits per heavy atom. The van der Waals surface area contributed by atoms with Crippen molar-refractivity contribution in [3.05, 3.63) is 28.8 Å². The van der Waals surface area contributed by atoms with Gasteiger partial charge in [0.1, 0.15) is 6.04 Å². The van der Waals surface area contributed by atoms with Crippen LogP contribution in [0, 0.1) is 30.1 Å². The second-order valence-electron chi connectivity index (χ2n) is 9.80. The Morgan fingerprint density at radius 1 is 1.11 bits per heavy atom. The number of nitrogens with one attached hydrogen (secondary N) is 1. The summed E-state index contributed by atoms with van der Waals surface area (Å²) in [6.45, 7) is 2.67. The van der Waals surface area contributed by atoms with Crippen LogP contribution >= 0.6 is 11.6 Å². The van der Waals surface area contributed by atoms with E-state index in [9.17, 15) is 9.59 Å². The summed E-state index contributed by atoms with van der Waals surface area (Å²) in [4.78, 5) is 28.7. The quantitative estimate of drug-likeness (QED) is 0.792. The van der Waals surface area contributed by atoms with Crippen LogP contribution in [0.4, 0.5) is 5.69 Å². The molecule has 4 bridgehead atoms. The largest absolute Gasteiger partial charge is 0.330 e. The van der Waals surface area contributed by atoms with E-state index in [1.807, 2.05) is 24.0 Å². The summed E-state index contributed by atoms with van der Waals surface area (Å²) in [5, 5.41) is 3.64. The standard InChI is InChI=1S/C23H29ClN2O2/c1-14-4-5-18(24)10-19(14)25-21(27)20-3-2-6-26(20)22(28)23-11-15-7-16(12-23)9-17(8-15)13-23/h4-5,10,15-17,20H,2-3,6-9,11-13H2,1H3,(H,25,27). The zero-order chi connectivity index (χ0) is 19.5. The van der Waals surface area contributed by atoms with Crippen LogP contribution in [0.3, 0.4) is 0 Å². The molecule has 4 saturated carbocycles. The fraction of sp³-hybridized carbons (Fsp3) is 0.652. The van der Waals surface area contributed by atoms with Crippen LogP contribution in [-0.2, 0) is 9.59 Å². The number of hydrogen-bond donors (Lipinski definition) is 1. The number of aryl methyl sites for hydroxylation is 1. The molecule has 2 amide bonds. The number of amides is 2. The number of hydrogen-bond acceptors (Lipinski definition) is 2. The van der Waals surface area contributed by atoms with Crippen molar-refractivity contribution in [1.29, 1.82) is 0 Å². The third-order valence-corrected chi connectivity index (χ3v) is 8.00. The van der Waals surface area contributed by atoms with Gasteiger partial charge in [0.2, 0.25) is 11.8 Å². The first-order chi connectivity index (χ1) is 13.4. The van der Waals surface area contributed by atoms with Crippen LogP contribution in [0.15, 0.2) is 18.2 Å². The van der Waals surface area contributed by atoms with Crippen molar-refractivity contribution in [3.8, 4) is 0 Å². The molecule has 0 aromatic heterocycles. The van der Waals surface area contributed by atoms with Gasteiger partial charge in [-0.05, 0) is 93.7 Å². The van der Waals surface area contributed by atoms with Gasteiger partial charge in [0.25, 0.3) is 0 Å². The first kappa shape index (κ1) is 18.5. The number of carbonyl (C=O) groups is 2. The molecule has 5 heteroatoms. The van der Waals surface area contributed by atoms with Crippen molar-refractivity contribution in [3.63, 3.8) is 0 Å². The molecule has 4 nitrogen and oxygen atoms in total. The lowest BCUT2D eigenvalue weighted by molar-refractivity contribution is -0.160. The predicted molar refractivity (Wildman–Crippen MR) is 110 cm³/mol. The van der Waals surface area contributed by atoms with Gasteiger partial charge in [0.05, 0.1) is 5.41 Å². The fourth-order valence-electron chi connectivity index (χ4n) is 6.90. The van der Waals surface area contributed by atoms with Crippen molar-refractivity contribution in [2.45, 2.75) is 64.3 Å². The average Bonchev–Trinajstić information content (AvgIpc) is 3.12. The highest BCUT2D eigenvalue weighted by molar-refractivity contribution is 6.31. The Morgan fingerprint density at radius 2 is 1.75 bits per heavy atom. The third kappa shape index (κ3) is 3.04. The Hall–Kier alpha value is -1.55.